The fraction of sp³-hybridized carbons (Fsp3) is 0.267. The van der Waals surface area contributed by atoms with E-state index in [0.29, 0.717) is 17.2 Å². The minimum absolute atomic E-state index is 0.246. The molecule has 0 radical (unpaired) electrons. The van der Waals surface area contributed by atoms with E-state index >= 15 is 0 Å². The molecule has 1 aromatic heterocycles. The van der Waals surface area contributed by atoms with Crippen LogP contribution in [0.1, 0.15) is 30.3 Å². The summed E-state index contributed by atoms with van der Waals surface area (Å²) in [5.41, 5.74) is 7.70. The number of nitrogens with zero attached hydrogens (tertiary/aromatic N) is 1. The number of nitrogens with one attached hydrogen (secondary N) is 1. The van der Waals surface area contributed by atoms with Gasteiger partial charge in [0.15, 0.2) is 0 Å². The molecular weight excluding hydrogens is 254 g/mol. The third-order valence-corrected chi connectivity index (χ3v) is 3.97. The monoisotopic (exact) mass is 271 g/mol. The Balaban J connectivity index is 2.26. The molecule has 3 N–H and O–H groups in total. The third kappa shape index (κ3) is 3.07. The summed E-state index contributed by atoms with van der Waals surface area (Å²) >= 11 is 1.74. The molecule has 0 fully saturated rings. The van der Waals surface area contributed by atoms with Crippen LogP contribution in [0.15, 0.2) is 35.7 Å². The molecule has 0 aliphatic heterocycles. The number of anilines is 2. The lowest BCUT2D eigenvalue weighted by molar-refractivity contribution is 0.554. The van der Waals surface area contributed by atoms with Crippen molar-refractivity contribution in [2.24, 2.45) is 5.92 Å². The summed E-state index contributed by atoms with van der Waals surface area (Å²) in [5, 5.41) is 14.6. The van der Waals surface area contributed by atoms with Crippen molar-refractivity contribution >= 4 is 22.7 Å². The van der Waals surface area contributed by atoms with E-state index < -0.39 is 0 Å². The Morgan fingerprint density at radius 2 is 2.11 bits per heavy atom. The van der Waals surface area contributed by atoms with Gasteiger partial charge in [-0.3, -0.25) is 0 Å². The van der Waals surface area contributed by atoms with Gasteiger partial charge in [-0.05, 0) is 35.6 Å². The first-order chi connectivity index (χ1) is 9.11. The summed E-state index contributed by atoms with van der Waals surface area (Å²) in [6.45, 7) is 4.36. The van der Waals surface area contributed by atoms with Gasteiger partial charge in [-0.2, -0.15) is 5.26 Å². The van der Waals surface area contributed by atoms with Crippen molar-refractivity contribution in [1.29, 1.82) is 5.26 Å². The zero-order valence-corrected chi connectivity index (χ0v) is 11.9. The molecule has 3 nitrogen and oxygen atoms in total. The first kappa shape index (κ1) is 13.4. The van der Waals surface area contributed by atoms with E-state index in [1.165, 1.54) is 4.88 Å². The van der Waals surface area contributed by atoms with Gasteiger partial charge in [-0.15, -0.1) is 11.3 Å². The normalized spacial score (nSPS) is 12.1. The SMILES string of the molecule is CC(C)C(Nc1ccc(N)c(C#N)c1)c1cccs1. The summed E-state index contributed by atoms with van der Waals surface area (Å²) in [6.07, 6.45) is 0. The molecule has 19 heavy (non-hydrogen) atoms. The number of rotatable bonds is 4. The molecule has 2 aromatic rings. The maximum atomic E-state index is 9.01. The molecule has 0 saturated carbocycles. The van der Waals surface area contributed by atoms with Crippen LogP contribution in [0.3, 0.4) is 0 Å². The van der Waals surface area contributed by atoms with E-state index in [9.17, 15) is 0 Å². The van der Waals surface area contributed by atoms with Crippen molar-refractivity contribution in [2.45, 2.75) is 19.9 Å². The van der Waals surface area contributed by atoms with Gasteiger partial charge < -0.3 is 11.1 Å². The smallest absolute Gasteiger partial charge is 0.101 e. The second kappa shape index (κ2) is 5.77. The second-order valence-electron chi connectivity index (χ2n) is 4.80. The fourth-order valence-corrected chi connectivity index (χ4v) is 2.91. The summed E-state index contributed by atoms with van der Waals surface area (Å²) in [6, 6.07) is 12.0. The molecule has 2 rings (SSSR count). The zero-order valence-electron chi connectivity index (χ0n) is 11.1. The molecule has 1 aromatic carbocycles. The minimum atomic E-state index is 0.246. The molecule has 0 saturated heterocycles. The Hall–Kier alpha value is -1.99. The first-order valence-electron chi connectivity index (χ1n) is 6.21. The van der Waals surface area contributed by atoms with Crippen LogP contribution in [0.4, 0.5) is 11.4 Å². The van der Waals surface area contributed by atoms with Gasteiger partial charge in [0.05, 0.1) is 11.6 Å². The lowest BCUT2D eigenvalue weighted by Gasteiger charge is -2.22. The topological polar surface area (TPSA) is 61.8 Å². The molecule has 0 aliphatic carbocycles. The number of nitrogens with two attached hydrogens (primary N) is 1. The van der Waals surface area contributed by atoms with Gasteiger partial charge >= 0.3 is 0 Å². The maximum Gasteiger partial charge on any atom is 0.101 e. The highest BCUT2D eigenvalue weighted by atomic mass is 32.1. The molecule has 1 atom stereocenters. The van der Waals surface area contributed by atoms with Gasteiger partial charge in [0.25, 0.3) is 0 Å². The Kier molecular flexibility index (Phi) is 4.08. The number of nitrogen functional groups attached to an aromatic ring is 1. The molecule has 0 spiro atoms. The summed E-state index contributed by atoms with van der Waals surface area (Å²) in [5.74, 6) is 0.460. The molecule has 0 bridgehead atoms. The largest absolute Gasteiger partial charge is 0.398 e. The van der Waals surface area contributed by atoms with Crippen LogP contribution in [-0.2, 0) is 0 Å². The van der Waals surface area contributed by atoms with Gasteiger partial charge in [-0.1, -0.05) is 19.9 Å². The maximum absolute atomic E-state index is 9.01. The number of hydrogen-bond acceptors (Lipinski definition) is 4. The third-order valence-electron chi connectivity index (χ3n) is 3.01. The van der Waals surface area contributed by atoms with Gasteiger partial charge in [0, 0.05) is 16.3 Å². The summed E-state index contributed by atoms with van der Waals surface area (Å²) in [7, 11) is 0. The lowest BCUT2D eigenvalue weighted by Crippen LogP contribution is -2.15. The van der Waals surface area contributed by atoms with Gasteiger partial charge in [0.1, 0.15) is 6.07 Å². The predicted molar refractivity (Wildman–Crippen MR) is 81.1 cm³/mol. The second-order valence-corrected chi connectivity index (χ2v) is 5.77. The van der Waals surface area contributed by atoms with Crippen LogP contribution in [0.2, 0.25) is 0 Å². The van der Waals surface area contributed by atoms with Crippen LogP contribution in [0.25, 0.3) is 0 Å². The average Bonchev–Trinajstić information content (AvgIpc) is 2.91. The average molecular weight is 271 g/mol. The molecule has 4 heteroatoms. The highest BCUT2D eigenvalue weighted by Gasteiger charge is 2.16. The van der Waals surface area contributed by atoms with Crippen molar-refractivity contribution < 1.29 is 0 Å². The highest BCUT2D eigenvalue weighted by Crippen LogP contribution is 2.30. The summed E-state index contributed by atoms with van der Waals surface area (Å²) in [4.78, 5) is 1.30. The Bertz CT molecular complexity index is 582. The molecule has 0 aliphatic rings. The first-order valence-corrected chi connectivity index (χ1v) is 7.09. The molecule has 0 amide bonds. The number of benzene rings is 1. The minimum Gasteiger partial charge on any atom is -0.398 e. The zero-order chi connectivity index (χ0) is 13.8. The van der Waals surface area contributed by atoms with E-state index in [1.54, 1.807) is 23.5 Å². The van der Waals surface area contributed by atoms with E-state index in [0.717, 1.165) is 5.69 Å². The van der Waals surface area contributed by atoms with Crippen molar-refractivity contribution in [3.8, 4) is 6.07 Å². The Morgan fingerprint density at radius 3 is 2.68 bits per heavy atom. The van der Waals surface area contributed by atoms with Crippen LogP contribution in [0.5, 0.6) is 0 Å². The van der Waals surface area contributed by atoms with Crippen LogP contribution in [-0.4, -0.2) is 0 Å². The van der Waals surface area contributed by atoms with E-state index in [1.807, 2.05) is 6.07 Å². The lowest BCUT2D eigenvalue weighted by atomic mass is 10.0. The number of hydrogen-bond donors (Lipinski definition) is 2. The number of nitriles is 1. The fourth-order valence-electron chi connectivity index (χ4n) is 1.96. The van der Waals surface area contributed by atoms with Crippen molar-refractivity contribution in [1.82, 2.24) is 0 Å². The number of thiophene rings is 1. The highest BCUT2D eigenvalue weighted by molar-refractivity contribution is 7.10. The van der Waals surface area contributed by atoms with Crippen LogP contribution >= 0.6 is 11.3 Å². The van der Waals surface area contributed by atoms with E-state index in [2.05, 4.69) is 42.7 Å². The predicted octanol–water partition coefficient (Wildman–Crippen LogP) is 4.01. The molecule has 1 heterocycles. The van der Waals surface area contributed by atoms with Crippen LogP contribution < -0.4 is 11.1 Å². The van der Waals surface area contributed by atoms with Crippen molar-refractivity contribution in [3.05, 3.63) is 46.2 Å². The van der Waals surface area contributed by atoms with Crippen molar-refractivity contribution in [3.63, 3.8) is 0 Å². The van der Waals surface area contributed by atoms with E-state index in [4.69, 9.17) is 11.0 Å². The van der Waals surface area contributed by atoms with E-state index in [-0.39, 0.29) is 6.04 Å². The van der Waals surface area contributed by atoms with Gasteiger partial charge in [0.2, 0.25) is 0 Å². The molecule has 98 valence electrons. The van der Waals surface area contributed by atoms with Crippen molar-refractivity contribution in [2.75, 3.05) is 11.1 Å². The van der Waals surface area contributed by atoms with Crippen LogP contribution in [0, 0.1) is 17.2 Å². The molecular formula is C15H17N3S. The standard InChI is InChI=1S/C15H17N3S/c1-10(2)15(14-4-3-7-19-14)18-12-5-6-13(17)11(8-12)9-16/h3-8,10,15,18H,17H2,1-2H3. The molecule has 1 unspecified atom stereocenters. The quantitative estimate of drug-likeness (QED) is 0.826. The summed E-state index contributed by atoms with van der Waals surface area (Å²) < 4.78 is 0. The Labute approximate surface area is 117 Å². The Morgan fingerprint density at radius 1 is 1.32 bits per heavy atom. The van der Waals surface area contributed by atoms with Gasteiger partial charge in [-0.25, -0.2) is 0 Å².